The maximum Gasteiger partial charge on any atom is 0.317 e. The SMILES string of the molecule is O=C(NCC1Cc2cnccc2N1)N1CCC(Cc2ccccc2)CC1. The molecule has 5 heteroatoms. The van der Waals surface area contributed by atoms with Gasteiger partial charge in [0.2, 0.25) is 0 Å². The molecule has 1 fully saturated rings. The summed E-state index contributed by atoms with van der Waals surface area (Å²) >= 11 is 0. The normalized spacial score (nSPS) is 19.7. The van der Waals surface area contributed by atoms with Crippen molar-refractivity contribution in [1.29, 1.82) is 0 Å². The Morgan fingerprint density at radius 2 is 2.00 bits per heavy atom. The van der Waals surface area contributed by atoms with Crippen LogP contribution in [0, 0.1) is 5.92 Å². The number of carbonyl (C=O) groups excluding carboxylic acids is 1. The van der Waals surface area contributed by atoms with Crippen LogP contribution in [0.4, 0.5) is 10.5 Å². The number of hydrogen-bond donors (Lipinski definition) is 2. The first-order valence-corrected chi connectivity index (χ1v) is 9.54. The Hall–Kier alpha value is -2.56. The predicted octanol–water partition coefficient (Wildman–Crippen LogP) is 3.08. The Bertz CT molecular complexity index is 716. The van der Waals surface area contributed by atoms with E-state index in [4.69, 9.17) is 0 Å². The third kappa shape index (κ3) is 3.98. The number of pyridine rings is 1. The van der Waals surface area contributed by atoms with Crippen LogP contribution in [0.15, 0.2) is 48.8 Å². The Morgan fingerprint density at radius 3 is 2.77 bits per heavy atom. The highest BCUT2D eigenvalue weighted by atomic mass is 16.2. The molecule has 1 unspecified atom stereocenters. The highest BCUT2D eigenvalue weighted by molar-refractivity contribution is 5.74. The first-order chi connectivity index (χ1) is 12.8. The zero-order valence-electron chi connectivity index (χ0n) is 15.0. The molecular formula is C21H26N4O. The van der Waals surface area contributed by atoms with Gasteiger partial charge in [0.25, 0.3) is 0 Å². The zero-order chi connectivity index (χ0) is 17.8. The molecule has 1 aromatic carbocycles. The Morgan fingerprint density at radius 1 is 1.19 bits per heavy atom. The van der Waals surface area contributed by atoms with E-state index in [2.05, 4.69) is 45.9 Å². The molecule has 2 aliphatic rings. The fraction of sp³-hybridized carbons (Fsp3) is 0.429. The molecule has 0 radical (unpaired) electrons. The van der Waals surface area contributed by atoms with E-state index in [9.17, 15) is 4.79 Å². The lowest BCUT2D eigenvalue weighted by atomic mass is 9.90. The first-order valence-electron chi connectivity index (χ1n) is 9.54. The number of likely N-dealkylation sites (tertiary alicyclic amines) is 1. The molecule has 0 spiro atoms. The topological polar surface area (TPSA) is 57.3 Å². The van der Waals surface area contributed by atoms with Crippen molar-refractivity contribution in [1.82, 2.24) is 15.2 Å². The monoisotopic (exact) mass is 350 g/mol. The molecule has 4 rings (SSSR count). The summed E-state index contributed by atoms with van der Waals surface area (Å²) in [6.07, 6.45) is 7.91. The summed E-state index contributed by atoms with van der Waals surface area (Å²) in [7, 11) is 0. The number of nitrogens with one attached hydrogen (secondary N) is 2. The largest absolute Gasteiger partial charge is 0.380 e. The maximum atomic E-state index is 12.5. The minimum atomic E-state index is 0.0686. The van der Waals surface area contributed by atoms with Crippen molar-refractivity contribution in [3.8, 4) is 0 Å². The van der Waals surface area contributed by atoms with Crippen LogP contribution >= 0.6 is 0 Å². The number of carbonyl (C=O) groups is 1. The predicted molar refractivity (Wildman–Crippen MR) is 103 cm³/mol. The maximum absolute atomic E-state index is 12.5. The first kappa shape index (κ1) is 16.9. The highest BCUT2D eigenvalue weighted by Gasteiger charge is 2.25. The minimum Gasteiger partial charge on any atom is -0.380 e. The fourth-order valence-corrected chi connectivity index (χ4v) is 4.00. The van der Waals surface area contributed by atoms with Gasteiger partial charge in [-0.3, -0.25) is 4.98 Å². The Labute approximate surface area is 154 Å². The number of urea groups is 1. The van der Waals surface area contributed by atoms with Gasteiger partial charge in [0.1, 0.15) is 0 Å². The van der Waals surface area contributed by atoms with Gasteiger partial charge < -0.3 is 15.5 Å². The van der Waals surface area contributed by atoms with Gasteiger partial charge in [-0.15, -0.1) is 0 Å². The van der Waals surface area contributed by atoms with Crippen LogP contribution in [0.2, 0.25) is 0 Å². The van der Waals surface area contributed by atoms with E-state index < -0.39 is 0 Å². The average Bonchev–Trinajstić information content (AvgIpc) is 3.10. The molecule has 136 valence electrons. The van der Waals surface area contributed by atoms with Gasteiger partial charge in [-0.25, -0.2) is 4.79 Å². The summed E-state index contributed by atoms with van der Waals surface area (Å²) in [6.45, 7) is 2.36. The molecule has 0 aliphatic carbocycles. The molecule has 1 saturated heterocycles. The molecule has 2 N–H and O–H groups in total. The van der Waals surface area contributed by atoms with Crippen LogP contribution in [0.25, 0.3) is 0 Å². The van der Waals surface area contributed by atoms with E-state index in [1.165, 1.54) is 11.1 Å². The average molecular weight is 350 g/mol. The number of benzene rings is 1. The van der Waals surface area contributed by atoms with E-state index in [0.717, 1.165) is 44.5 Å². The standard InChI is InChI=1S/C21H26N4O/c26-21(23-15-19-13-18-14-22-9-6-20(18)24-19)25-10-7-17(8-11-25)12-16-4-2-1-3-5-16/h1-6,9,14,17,19,24H,7-8,10-13,15H2,(H,23,26). The van der Waals surface area contributed by atoms with Gasteiger partial charge >= 0.3 is 6.03 Å². The van der Waals surface area contributed by atoms with Gasteiger partial charge in [0.05, 0.1) is 0 Å². The van der Waals surface area contributed by atoms with Crippen LogP contribution in [0.1, 0.15) is 24.0 Å². The molecule has 2 amide bonds. The van der Waals surface area contributed by atoms with E-state index in [0.29, 0.717) is 12.5 Å². The lowest BCUT2D eigenvalue weighted by Gasteiger charge is -2.32. The molecule has 1 aromatic heterocycles. The van der Waals surface area contributed by atoms with Crippen LogP contribution in [-0.2, 0) is 12.8 Å². The van der Waals surface area contributed by atoms with Crippen molar-refractivity contribution in [2.24, 2.45) is 5.92 Å². The van der Waals surface area contributed by atoms with Crippen molar-refractivity contribution >= 4 is 11.7 Å². The van der Waals surface area contributed by atoms with Crippen LogP contribution < -0.4 is 10.6 Å². The van der Waals surface area contributed by atoms with Crippen LogP contribution in [0.5, 0.6) is 0 Å². The molecule has 0 saturated carbocycles. The smallest absolute Gasteiger partial charge is 0.317 e. The number of amides is 2. The van der Waals surface area contributed by atoms with Gasteiger partial charge in [-0.2, -0.15) is 0 Å². The second kappa shape index (κ2) is 7.77. The lowest BCUT2D eigenvalue weighted by molar-refractivity contribution is 0.170. The number of anilines is 1. The summed E-state index contributed by atoms with van der Waals surface area (Å²) in [5.41, 5.74) is 3.77. The zero-order valence-corrected chi connectivity index (χ0v) is 15.0. The second-order valence-electron chi connectivity index (χ2n) is 7.38. The van der Waals surface area contributed by atoms with Crippen LogP contribution in [0.3, 0.4) is 0 Å². The second-order valence-corrected chi connectivity index (χ2v) is 7.38. The van der Waals surface area contributed by atoms with E-state index >= 15 is 0 Å². The molecule has 1 atom stereocenters. The van der Waals surface area contributed by atoms with E-state index in [1.807, 2.05) is 17.2 Å². The summed E-state index contributed by atoms with van der Waals surface area (Å²) in [5, 5.41) is 6.55. The van der Waals surface area contributed by atoms with Gasteiger partial charge in [0, 0.05) is 43.8 Å². The minimum absolute atomic E-state index is 0.0686. The van der Waals surface area contributed by atoms with Crippen molar-refractivity contribution in [3.05, 3.63) is 59.9 Å². The summed E-state index contributed by atoms with van der Waals surface area (Å²) in [6, 6.07) is 13.0. The molecule has 5 nitrogen and oxygen atoms in total. The Balaban J connectivity index is 1.20. The summed E-state index contributed by atoms with van der Waals surface area (Å²) in [4.78, 5) is 18.6. The van der Waals surface area contributed by atoms with Gasteiger partial charge in [-0.1, -0.05) is 30.3 Å². The van der Waals surface area contributed by atoms with Crippen molar-refractivity contribution in [3.63, 3.8) is 0 Å². The number of hydrogen-bond acceptors (Lipinski definition) is 3. The summed E-state index contributed by atoms with van der Waals surface area (Å²) < 4.78 is 0. The number of rotatable bonds is 4. The summed E-state index contributed by atoms with van der Waals surface area (Å²) in [5.74, 6) is 0.681. The molecule has 0 bridgehead atoms. The number of piperidine rings is 1. The number of fused-ring (bicyclic) bond motifs is 1. The van der Waals surface area contributed by atoms with E-state index in [-0.39, 0.29) is 12.1 Å². The third-order valence-electron chi connectivity index (χ3n) is 5.50. The highest BCUT2D eigenvalue weighted by Crippen LogP contribution is 2.24. The number of nitrogens with zero attached hydrogens (tertiary/aromatic N) is 2. The third-order valence-corrected chi connectivity index (χ3v) is 5.50. The Kier molecular flexibility index (Phi) is 5.04. The van der Waals surface area contributed by atoms with Crippen molar-refractivity contribution < 1.29 is 4.79 Å². The molecule has 26 heavy (non-hydrogen) atoms. The molecule has 2 aliphatic heterocycles. The van der Waals surface area contributed by atoms with Crippen molar-refractivity contribution in [2.45, 2.75) is 31.7 Å². The molecule has 3 heterocycles. The molecule has 2 aromatic rings. The fourth-order valence-electron chi connectivity index (χ4n) is 4.00. The van der Waals surface area contributed by atoms with Crippen LogP contribution in [-0.4, -0.2) is 41.6 Å². The molecular weight excluding hydrogens is 324 g/mol. The van der Waals surface area contributed by atoms with Gasteiger partial charge in [0.15, 0.2) is 0 Å². The van der Waals surface area contributed by atoms with E-state index in [1.54, 1.807) is 6.20 Å². The van der Waals surface area contributed by atoms with Gasteiger partial charge in [-0.05, 0) is 48.8 Å². The number of aromatic nitrogens is 1. The quantitative estimate of drug-likeness (QED) is 0.891. The lowest BCUT2D eigenvalue weighted by Crippen LogP contribution is -2.47. The van der Waals surface area contributed by atoms with Crippen molar-refractivity contribution in [2.75, 3.05) is 25.0 Å².